The molecule has 1 aliphatic rings. The van der Waals surface area contributed by atoms with Crippen LogP contribution in [0.4, 0.5) is 10.5 Å². The Morgan fingerprint density at radius 1 is 1.29 bits per heavy atom. The van der Waals surface area contributed by atoms with E-state index in [2.05, 4.69) is 10.6 Å². The molecule has 2 N–H and O–H groups in total. The van der Waals surface area contributed by atoms with Crippen LogP contribution in [0.25, 0.3) is 0 Å². The number of hydrogen-bond acceptors (Lipinski definition) is 4. The second-order valence-electron chi connectivity index (χ2n) is 5.68. The number of carbonyl (C=O) groups is 2. The molecule has 0 bridgehead atoms. The molecule has 7 heteroatoms. The van der Waals surface area contributed by atoms with Crippen molar-refractivity contribution < 1.29 is 14.3 Å². The molecule has 0 saturated carbocycles. The SMILES string of the molecule is CCOC(=O)N1CCC(NC(=O)CCNc2ccccc2Cl)CC1. The van der Waals surface area contributed by atoms with Crippen molar-refractivity contribution in [2.24, 2.45) is 0 Å². The summed E-state index contributed by atoms with van der Waals surface area (Å²) in [6, 6.07) is 7.56. The van der Waals surface area contributed by atoms with Gasteiger partial charge in [-0.2, -0.15) is 0 Å². The molecule has 1 saturated heterocycles. The maximum absolute atomic E-state index is 12.0. The highest BCUT2D eigenvalue weighted by Gasteiger charge is 2.24. The van der Waals surface area contributed by atoms with Gasteiger partial charge in [-0.1, -0.05) is 23.7 Å². The predicted octanol–water partition coefficient (Wildman–Crippen LogP) is 2.88. The predicted molar refractivity (Wildman–Crippen MR) is 94.3 cm³/mol. The average Bonchev–Trinajstić information content (AvgIpc) is 2.57. The van der Waals surface area contributed by atoms with Crippen LogP contribution in [0.2, 0.25) is 5.02 Å². The third-order valence-electron chi connectivity index (χ3n) is 3.93. The van der Waals surface area contributed by atoms with E-state index >= 15 is 0 Å². The first-order chi connectivity index (χ1) is 11.6. The fraction of sp³-hybridized carbons (Fsp3) is 0.529. The van der Waals surface area contributed by atoms with Crippen molar-refractivity contribution in [2.45, 2.75) is 32.2 Å². The van der Waals surface area contributed by atoms with Crippen molar-refractivity contribution in [1.82, 2.24) is 10.2 Å². The zero-order valence-electron chi connectivity index (χ0n) is 13.9. The summed E-state index contributed by atoms with van der Waals surface area (Å²) in [5.74, 6) is 0.00383. The molecular weight excluding hydrogens is 330 g/mol. The lowest BCUT2D eigenvalue weighted by Crippen LogP contribution is -2.46. The van der Waals surface area contributed by atoms with E-state index in [0.717, 1.165) is 18.5 Å². The van der Waals surface area contributed by atoms with E-state index in [1.807, 2.05) is 18.2 Å². The molecular formula is C17H24ClN3O3. The monoisotopic (exact) mass is 353 g/mol. The van der Waals surface area contributed by atoms with Crippen molar-refractivity contribution in [3.05, 3.63) is 29.3 Å². The van der Waals surface area contributed by atoms with Gasteiger partial charge in [0.25, 0.3) is 0 Å². The van der Waals surface area contributed by atoms with Crippen molar-refractivity contribution in [3.8, 4) is 0 Å². The van der Waals surface area contributed by atoms with Crippen LogP contribution >= 0.6 is 11.6 Å². The van der Waals surface area contributed by atoms with Gasteiger partial charge in [-0.05, 0) is 31.9 Å². The fourth-order valence-electron chi connectivity index (χ4n) is 2.64. The number of nitrogens with one attached hydrogen (secondary N) is 2. The number of amides is 2. The quantitative estimate of drug-likeness (QED) is 0.825. The summed E-state index contributed by atoms with van der Waals surface area (Å²) in [5.41, 5.74) is 0.828. The molecule has 24 heavy (non-hydrogen) atoms. The first kappa shape index (κ1) is 18.4. The first-order valence-corrected chi connectivity index (χ1v) is 8.67. The van der Waals surface area contributed by atoms with Crippen LogP contribution in [0.1, 0.15) is 26.2 Å². The number of anilines is 1. The Kier molecular flexibility index (Phi) is 7.18. The Bertz CT molecular complexity index is 560. The number of likely N-dealkylation sites (tertiary alicyclic amines) is 1. The molecule has 6 nitrogen and oxygen atoms in total. The van der Waals surface area contributed by atoms with Crippen LogP contribution in [0.15, 0.2) is 24.3 Å². The lowest BCUT2D eigenvalue weighted by Gasteiger charge is -2.31. The number of ether oxygens (including phenoxy) is 1. The normalized spacial score (nSPS) is 15.0. The van der Waals surface area contributed by atoms with E-state index < -0.39 is 0 Å². The third-order valence-corrected chi connectivity index (χ3v) is 4.26. The van der Waals surface area contributed by atoms with Crippen molar-refractivity contribution >= 4 is 29.3 Å². The minimum Gasteiger partial charge on any atom is -0.450 e. The van der Waals surface area contributed by atoms with Gasteiger partial charge < -0.3 is 20.3 Å². The number of piperidine rings is 1. The van der Waals surface area contributed by atoms with Crippen LogP contribution in [-0.2, 0) is 9.53 Å². The molecule has 0 aliphatic carbocycles. The zero-order chi connectivity index (χ0) is 17.4. The summed E-state index contributed by atoms with van der Waals surface area (Å²) in [5, 5.41) is 6.82. The van der Waals surface area contributed by atoms with Gasteiger partial charge in [0, 0.05) is 32.1 Å². The van der Waals surface area contributed by atoms with Gasteiger partial charge in [-0.25, -0.2) is 4.79 Å². The van der Waals surface area contributed by atoms with Crippen LogP contribution in [0, 0.1) is 0 Å². The molecule has 2 amide bonds. The Morgan fingerprint density at radius 3 is 2.67 bits per heavy atom. The number of rotatable bonds is 6. The highest BCUT2D eigenvalue weighted by atomic mass is 35.5. The van der Waals surface area contributed by atoms with Crippen LogP contribution in [0.3, 0.4) is 0 Å². The molecule has 0 atom stereocenters. The number of nitrogens with zero attached hydrogens (tertiary/aromatic N) is 1. The summed E-state index contributed by atoms with van der Waals surface area (Å²) >= 11 is 6.05. The van der Waals surface area contributed by atoms with Crippen molar-refractivity contribution in [3.63, 3.8) is 0 Å². The highest BCUT2D eigenvalue weighted by molar-refractivity contribution is 6.33. The van der Waals surface area contributed by atoms with E-state index in [9.17, 15) is 9.59 Å². The Hall–Kier alpha value is -1.95. The maximum atomic E-state index is 12.0. The first-order valence-electron chi connectivity index (χ1n) is 8.29. The molecule has 0 spiro atoms. The summed E-state index contributed by atoms with van der Waals surface area (Å²) in [7, 11) is 0. The van der Waals surface area contributed by atoms with E-state index in [1.165, 1.54) is 0 Å². The molecule has 1 aliphatic heterocycles. The molecule has 1 aromatic rings. The molecule has 1 aromatic carbocycles. The van der Waals surface area contributed by atoms with Gasteiger partial charge in [0.15, 0.2) is 0 Å². The number of halogens is 1. The zero-order valence-corrected chi connectivity index (χ0v) is 14.6. The van der Waals surface area contributed by atoms with Crippen LogP contribution < -0.4 is 10.6 Å². The maximum Gasteiger partial charge on any atom is 0.409 e. The van der Waals surface area contributed by atoms with Gasteiger partial charge in [-0.3, -0.25) is 4.79 Å². The molecule has 0 unspecified atom stereocenters. The molecule has 1 heterocycles. The highest BCUT2D eigenvalue weighted by Crippen LogP contribution is 2.20. The van der Waals surface area contributed by atoms with Crippen LogP contribution in [-0.4, -0.2) is 49.2 Å². The minimum atomic E-state index is -0.272. The average molecular weight is 354 g/mol. The molecule has 1 fully saturated rings. The van der Waals surface area contributed by atoms with Gasteiger partial charge in [0.1, 0.15) is 0 Å². The Labute approximate surface area is 147 Å². The van der Waals surface area contributed by atoms with Gasteiger partial charge >= 0.3 is 6.09 Å². The molecule has 0 radical (unpaired) electrons. The minimum absolute atomic E-state index is 0.00383. The third kappa shape index (κ3) is 5.60. The topological polar surface area (TPSA) is 70.7 Å². The Morgan fingerprint density at radius 2 is 2.00 bits per heavy atom. The molecule has 132 valence electrons. The number of benzene rings is 1. The summed E-state index contributed by atoms with van der Waals surface area (Å²) in [4.78, 5) is 25.3. The lowest BCUT2D eigenvalue weighted by atomic mass is 10.1. The number of carbonyl (C=O) groups excluding carboxylic acids is 2. The van der Waals surface area contributed by atoms with Crippen molar-refractivity contribution in [2.75, 3.05) is 31.6 Å². The van der Waals surface area contributed by atoms with Gasteiger partial charge in [-0.15, -0.1) is 0 Å². The Balaban J connectivity index is 1.65. The number of para-hydroxylation sites is 1. The number of hydrogen-bond donors (Lipinski definition) is 2. The van der Waals surface area contributed by atoms with E-state index in [0.29, 0.717) is 37.7 Å². The lowest BCUT2D eigenvalue weighted by molar-refractivity contribution is -0.121. The summed E-state index contributed by atoms with van der Waals surface area (Å²) in [6.45, 7) is 3.93. The van der Waals surface area contributed by atoms with Gasteiger partial charge in [0.05, 0.1) is 17.3 Å². The smallest absolute Gasteiger partial charge is 0.409 e. The van der Waals surface area contributed by atoms with E-state index in [-0.39, 0.29) is 18.0 Å². The van der Waals surface area contributed by atoms with E-state index in [4.69, 9.17) is 16.3 Å². The molecule has 2 rings (SSSR count). The standard InChI is InChI=1S/C17H24ClN3O3/c1-2-24-17(23)21-11-8-13(9-12-21)20-16(22)7-10-19-15-6-4-3-5-14(15)18/h3-6,13,19H,2,7-12H2,1H3,(H,20,22). The summed E-state index contributed by atoms with van der Waals surface area (Å²) < 4.78 is 4.98. The molecule has 0 aromatic heterocycles. The fourth-order valence-corrected chi connectivity index (χ4v) is 2.84. The second-order valence-corrected chi connectivity index (χ2v) is 6.09. The second kappa shape index (κ2) is 9.37. The van der Waals surface area contributed by atoms with Crippen LogP contribution in [0.5, 0.6) is 0 Å². The summed E-state index contributed by atoms with van der Waals surface area (Å²) in [6.07, 6.45) is 1.61. The van der Waals surface area contributed by atoms with Crippen molar-refractivity contribution in [1.29, 1.82) is 0 Å². The van der Waals surface area contributed by atoms with E-state index in [1.54, 1.807) is 17.9 Å². The largest absolute Gasteiger partial charge is 0.450 e. The van der Waals surface area contributed by atoms with Gasteiger partial charge in [0.2, 0.25) is 5.91 Å².